The Labute approximate surface area is 188 Å². The SMILES string of the molecule is CCNC(=NCc1ccc(N2CCCC2=O)cc1)NCCc1cccc(F)c1.I. The number of carbonyl (C=O) groups is 1. The molecule has 0 bridgehead atoms. The molecule has 7 heteroatoms. The van der Waals surface area contributed by atoms with E-state index in [1.165, 1.54) is 6.07 Å². The van der Waals surface area contributed by atoms with Gasteiger partial charge in [-0.05, 0) is 55.2 Å². The molecule has 1 saturated heterocycles. The van der Waals surface area contributed by atoms with E-state index < -0.39 is 0 Å². The molecule has 0 aliphatic carbocycles. The molecule has 1 aliphatic rings. The van der Waals surface area contributed by atoms with Gasteiger partial charge in [-0.15, -0.1) is 24.0 Å². The van der Waals surface area contributed by atoms with Gasteiger partial charge < -0.3 is 15.5 Å². The largest absolute Gasteiger partial charge is 0.357 e. The quantitative estimate of drug-likeness (QED) is 0.338. The van der Waals surface area contributed by atoms with Crippen molar-refractivity contribution in [3.05, 3.63) is 65.5 Å². The minimum Gasteiger partial charge on any atom is -0.357 e. The topological polar surface area (TPSA) is 56.7 Å². The molecule has 1 heterocycles. The Kier molecular flexibility index (Phi) is 9.37. The van der Waals surface area contributed by atoms with Crippen LogP contribution in [0.25, 0.3) is 0 Å². The molecule has 29 heavy (non-hydrogen) atoms. The Morgan fingerprint density at radius 1 is 1.14 bits per heavy atom. The fourth-order valence-electron chi connectivity index (χ4n) is 3.23. The molecule has 0 atom stereocenters. The van der Waals surface area contributed by atoms with E-state index in [9.17, 15) is 9.18 Å². The van der Waals surface area contributed by atoms with Crippen LogP contribution in [0, 0.1) is 5.82 Å². The number of benzene rings is 2. The van der Waals surface area contributed by atoms with Crippen molar-refractivity contribution in [3.63, 3.8) is 0 Å². The van der Waals surface area contributed by atoms with Crippen molar-refractivity contribution in [1.82, 2.24) is 10.6 Å². The summed E-state index contributed by atoms with van der Waals surface area (Å²) in [5.41, 5.74) is 2.99. The van der Waals surface area contributed by atoms with Gasteiger partial charge in [-0.3, -0.25) is 4.79 Å². The first-order valence-corrected chi connectivity index (χ1v) is 9.81. The number of halogens is 2. The van der Waals surface area contributed by atoms with Crippen LogP contribution in [0.5, 0.6) is 0 Å². The molecule has 1 amide bonds. The summed E-state index contributed by atoms with van der Waals surface area (Å²) in [4.78, 5) is 18.3. The summed E-state index contributed by atoms with van der Waals surface area (Å²) >= 11 is 0. The van der Waals surface area contributed by atoms with Crippen molar-refractivity contribution in [2.75, 3.05) is 24.5 Å². The third-order valence-electron chi connectivity index (χ3n) is 4.68. The van der Waals surface area contributed by atoms with Crippen molar-refractivity contribution in [2.45, 2.75) is 32.7 Å². The zero-order chi connectivity index (χ0) is 19.8. The molecule has 156 valence electrons. The lowest BCUT2D eigenvalue weighted by molar-refractivity contribution is -0.117. The van der Waals surface area contributed by atoms with E-state index in [1.54, 1.807) is 12.1 Å². The molecular weight excluding hydrogens is 482 g/mol. The zero-order valence-corrected chi connectivity index (χ0v) is 19.0. The maximum Gasteiger partial charge on any atom is 0.227 e. The van der Waals surface area contributed by atoms with E-state index in [0.717, 1.165) is 48.7 Å². The maximum absolute atomic E-state index is 13.3. The molecule has 0 radical (unpaired) electrons. The third kappa shape index (κ3) is 6.99. The highest BCUT2D eigenvalue weighted by molar-refractivity contribution is 14.0. The van der Waals surface area contributed by atoms with Gasteiger partial charge in [0, 0.05) is 31.7 Å². The van der Waals surface area contributed by atoms with Crippen LogP contribution >= 0.6 is 24.0 Å². The Morgan fingerprint density at radius 3 is 2.59 bits per heavy atom. The number of rotatable bonds is 7. The maximum atomic E-state index is 13.3. The first-order valence-electron chi connectivity index (χ1n) is 9.81. The molecule has 1 aliphatic heterocycles. The molecule has 2 aromatic carbocycles. The van der Waals surface area contributed by atoms with E-state index in [-0.39, 0.29) is 35.7 Å². The summed E-state index contributed by atoms with van der Waals surface area (Å²) < 4.78 is 13.3. The van der Waals surface area contributed by atoms with Crippen LogP contribution < -0.4 is 15.5 Å². The van der Waals surface area contributed by atoms with Gasteiger partial charge in [-0.2, -0.15) is 0 Å². The van der Waals surface area contributed by atoms with Crippen LogP contribution in [0.15, 0.2) is 53.5 Å². The van der Waals surface area contributed by atoms with Gasteiger partial charge in [-0.1, -0.05) is 24.3 Å². The Bertz CT molecular complexity index is 826. The molecule has 3 rings (SSSR count). The number of anilines is 1. The highest BCUT2D eigenvalue weighted by atomic mass is 127. The number of aliphatic imine (C=N–C) groups is 1. The first kappa shape index (κ1) is 23.1. The Morgan fingerprint density at radius 2 is 1.93 bits per heavy atom. The second-order valence-corrected chi connectivity index (χ2v) is 6.82. The molecule has 2 aromatic rings. The van der Waals surface area contributed by atoms with Crippen molar-refractivity contribution in [2.24, 2.45) is 4.99 Å². The highest BCUT2D eigenvalue weighted by Crippen LogP contribution is 2.21. The standard InChI is InChI=1S/C22H27FN4O.HI/c1-2-24-22(25-13-12-17-5-3-6-19(23)15-17)26-16-18-8-10-20(11-9-18)27-14-4-7-21(27)28;/h3,5-6,8-11,15H,2,4,7,12-14,16H2,1H3,(H2,24,25,26);1H. The van der Waals surface area contributed by atoms with Gasteiger partial charge in [0.25, 0.3) is 0 Å². The Hall–Kier alpha value is -2.16. The summed E-state index contributed by atoms with van der Waals surface area (Å²) in [5.74, 6) is 0.720. The van der Waals surface area contributed by atoms with E-state index in [0.29, 0.717) is 19.5 Å². The predicted octanol–water partition coefficient (Wildman–Crippen LogP) is 3.87. The van der Waals surface area contributed by atoms with Crippen LogP contribution in [0.3, 0.4) is 0 Å². The molecule has 0 spiro atoms. The van der Waals surface area contributed by atoms with E-state index in [1.807, 2.05) is 42.2 Å². The van der Waals surface area contributed by atoms with Crippen LogP contribution in [-0.4, -0.2) is 31.5 Å². The average molecular weight is 510 g/mol. The second-order valence-electron chi connectivity index (χ2n) is 6.82. The normalized spacial score (nSPS) is 13.9. The first-order chi connectivity index (χ1) is 13.7. The smallest absolute Gasteiger partial charge is 0.227 e. The van der Waals surface area contributed by atoms with Crippen LogP contribution in [-0.2, 0) is 17.8 Å². The molecule has 0 aromatic heterocycles. The number of hydrogen-bond donors (Lipinski definition) is 2. The van der Waals surface area contributed by atoms with Crippen LogP contribution in [0.2, 0.25) is 0 Å². The predicted molar refractivity (Wildman–Crippen MR) is 126 cm³/mol. The van der Waals surface area contributed by atoms with Gasteiger partial charge in [0.15, 0.2) is 5.96 Å². The van der Waals surface area contributed by atoms with Gasteiger partial charge in [0.1, 0.15) is 5.82 Å². The number of nitrogens with zero attached hydrogens (tertiary/aromatic N) is 2. The average Bonchev–Trinajstić information content (AvgIpc) is 3.12. The van der Waals surface area contributed by atoms with Gasteiger partial charge in [0.05, 0.1) is 6.54 Å². The Balaban J connectivity index is 0.00000300. The summed E-state index contributed by atoms with van der Waals surface area (Å²) in [6.07, 6.45) is 2.29. The number of nitrogens with one attached hydrogen (secondary N) is 2. The van der Waals surface area contributed by atoms with Crippen molar-refractivity contribution in [3.8, 4) is 0 Å². The number of carbonyl (C=O) groups excluding carboxylic acids is 1. The molecule has 0 unspecified atom stereocenters. The summed E-state index contributed by atoms with van der Waals surface area (Å²) in [6.45, 7) is 4.80. The zero-order valence-electron chi connectivity index (χ0n) is 16.7. The minimum absolute atomic E-state index is 0. The lowest BCUT2D eigenvalue weighted by Gasteiger charge is -2.16. The van der Waals surface area contributed by atoms with Gasteiger partial charge >= 0.3 is 0 Å². The highest BCUT2D eigenvalue weighted by Gasteiger charge is 2.21. The summed E-state index contributed by atoms with van der Waals surface area (Å²) in [7, 11) is 0. The second kappa shape index (κ2) is 11.7. The van der Waals surface area contributed by atoms with Crippen LogP contribution in [0.4, 0.5) is 10.1 Å². The molecule has 5 nitrogen and oxygen atoms in total. The lowest BCUT2D eigenvalue weighted by Crippen LogP contribution is -2.38. The van der Waals surface area contributed by atoms with E-state index in [4.69, 9.17) is 0 Å². The molecule has 0 saturated carbocycles. The minimum atomic E-state index is -0.211. The summed E-state index contributed by atoms with van der Waals surface area (Å²) in [6, 6.07) is 14.6. The molecular formula is C22H28FIN4O. The number of amides is 1. The number of hydrogen-bond acceptors (Lipinski definition) is 2. The molecule has 2 N–H and O–H groups in total. The monoisotopic (exact) mass is 510 g/mol. The van der Waals surface area contributed by atoms with Crippen molar-refractivity contribution >= 4 is 41.5 Å². The number of guanidine groups is 1. The molecule has 1 fully saturated rings. The lowest BCUT2D eigenvalue weighted by atomic mass is 10.1. The van der Waals surface area contributed by atoms with Crippen molar-refractivity contribution in [1.29, 1.82) is 0 Å². The third-order valence-corrected chi connectivity index (χ3v) is 4.68. The fourth-order valence-corrected chi connectivity index (χ4v) is 3.23. The fraction of sp³-hybridized carbons (Fsp3) is 0.364. The summed E-state index contributed by atoms with van der Waals surface area (Å²) in [5, 5.41) is 6.51. The van der Waals surface area contributed by atoms with Gasteiger partial charge in [0.2, 0.25) is 5.91 Å². The van der Waals surface area contributed by atoms with E-state index >= 15 is 0 Å². The van der Waals surface area contributed by atoms with E-state index in [2.05, 4.69) is 15.6 Å². The van der Waals surface area contributed by atoms with Crippen LogP contribution in [0.1, 0.15) is 30.9 Å². The van der Waals surface area contributed by atoms with Gasteiger partial charge in [-0.25, -0.2) is 9.38 Å². The van der Waals surface area contributed by atoms with Crippen molar-refractivity contribution < 1.29 is 9.18 Å².